The average Bonchev–Trinajstić information content (AvgIpc) is 3.04. The minimum Gasteiger partial charge on any atom is -0.497 e. The molecule has 6 nitrogen and oxygen atoms in total. The van der Waals surface area contributed by atoms with E-state index in [-0.39, 0.29) is 5.76 Å². The van der Waals surface area contributed by atoms with Crippen molar-refractivity contribution in [3.8, 4) is 17.1 Å². The summed E-state index contributed by atoms with van der Waals surface area (Å²) in [5.74, 6) is -0.588. The highest BCUT2D eigenvalue weighted by atomic mass is 16.5. The fraction of sp³-hybridized carbons (Fsp3) is 0.0769. The summed E-state index contributed by atoms with van der Waals surface area (Å²) in [6.07, 6.45) is 0. The van der Waals surface area contributed by atoms with E-state index in [4.69, 9.17) is 14.4 Å². The minimum absolute atomic E-state index is 0.189. The number of H-pyrrole nitrogens is 1. The summed E-state index contributed by atoms with van der Waals surface area (Å²) in [7, 11) is 1.60. The van der Waals surface area contributed by atoms with E-state index in [0.29, 0.717) is 11.4 Å². The fourth-order valence-corrected chi connectivity index (χ4v) is 1.87. The topological polar surface area (TPSA) is 88.3 Å². The monoisotopic (exact) mass is 258 g/mol. The van der Waals surface area contributed by atoms with Crippen molar-refractivity contribution in [3.63, 3.8) is 0 Å². The summed E-state index contributed by atoms with van der Waals surface area (Å²) in [5.41, 5.74) is 2.03. The third-order valence-electron chi connectivity index (χ3n) is 2.83. The highest BCUT2D eigenvalue weighted by Gasteiger charge is 2.14. The van der Waals surface area contributed by atoms with Crippen LogP contribution in [0.5, 0.6) is 5.75 Å². The minimum atomic E-state index is -1.14. The van der Waals surface area contributed by atoms with Crippen LogP contribution in [0.25, 0.3) is 22.3 Å². The number of aromatic carboxylic acids is 1. The molecule has 0 aliphatic carbocycles. The van der Waals surface area contributed by atoms with Gasteiger partial charge in [0.15, 0.2) is 0 Å². The van der Waals surface area contributed by atoms with E-state index in [2.05, 4.69) is 10.1 Å². The maximum absolute atomic E-state index is 10.7. The number of nitrogens with zero attached hydrogens (tertiary/aromatic N) is 1. The van der Waals surface area contributed by atoms with Gasteiger partial charge in [-0.2, -0.15) is 0 Å². The smallest absolute Gasteiger partial charge is 0.374 e. The zero-order valence-corrected chi connectivity index (χ0v) is 10.0. The number of carboxylic acid groups (broad SMARTS) is 1. The van der Waals surface area contributed by atoms with Gasteiger partial charge in [0.25, 0.3) is 0 Å². The Hall–Kier alpha value is -2.76. The van der Waals surface area contributed by atoms with E-state index < -0.39 is 5.97 Å². The number of benzene rings is 1. The summed E-state index contributed by atoms with van der Waals surface area (Å²) in [6, 6.07) is 8.87. The number of nitrogens with one attached hydrogen (secondary N) is 1. The van der Waals surface area contributed by atoms with Crippen molar-refractivity contribution in [3.05, 3.63) is 36.1 Å². The van der Waals surface area contributed by atoms with E-state index >= 15 is 0 Å². The molecule has 0 aliphatic heterocycles. The van der Waals surface area contributed by atoms with Gasteiger partial charge in [-0.25, -0.2) is 4.79 Å². The Morgan fingerprint density at radius 3 is 2.89 bits per heavy atom. The first-order chi connectivity index (χ1) is 9.17. The predicted octanol–water partition coefficient (Wildman–Crippen LogP) is 2.53. The number of fused-ring (bicyclic) bond motifs is 1. The first kappa shape index (κ1) is 11.3. The number of hydrogen-bond acceptors (Lipinski definition) is 4. The number of ether oxygens (including phenoxy) is 1. The van der Waals surface area contributed by atoms with Crippen molar-refractivity contribution in [1.82, 2.24) is 10.1 Å². The zero-order valence-electron chi connectivity index (χ0n) is 10.0. The van der Waals surface area contributed by atoms with Crippen molar-refractivity contribution >= 4 is 16.9 Å². The van der Waals surface area contributed by atoms with Gasteiger partial charge in [-0.05, 0) is 18.2 Å². The Balaban J connectivity index is 2.06. The number of carboxylic acids is 1. The molecular weight excluding hydrogens is 248 g/mol. The van der Waals surface area contributed by atoms with Crippen LogP contribution in [-0.4, -0.2) is 28.3 Å². The predicted molar refractivity (Wildman–Crippen MR) is 67.3 cm³/mol. The largest absolute Gasteiger partial charge is 0.497 e. The highest BCUT2D eigenvalue weighted by molar-refractivity contribution is 5.88. The van der Waals surface area contributed by atoms with Crippen LogP contribution in [0, 0.1) is 0 Å². The molecule has 0 radical (unpaired) electrons. The molecule has 0 aliphatic rings. The summed E-state index contributed by atoms with van der Waals surface area (Å²) >= 11 is 0. The Morgan fingerprint density at radius 2 is 2.21 bits per heavy atom. The summed E-state index contributed by atoms with van der Waals surface area (Å²) in [6.45, 7) is 0. The number of hydrogen-bond donors (Lipinski definition) is 2. The Kier molecular flexibility index (Phi) is 2.49. The lowest BCUT2D eigenvalue weighted by atomic mass is 10.2. The maximum Gasteiger partial charge on any atom is 0.374 e. The van der Waals surface area contributed by atoms with E-state index in [1.165, 1.54) is 6.07 Å². The second-order valence-corrected chi connectivity index (χ2v) is 4.02. The molecule has 96 valence electrons. The molecule has 0 bridgehead atoms. The van der Waals surface area contributed by atoms with Crippen LogP contribution in [-0.2, 0) is 0 Å². The molecule has 0 fully saturated rings. The maximum atomic E-state index is 10.7. The Labute approximate surface area is 107 Å². The van der Waals surface area contributed by atoms with Crippen LogP contribution in [0.2, 0.25) is 0 Å². The lowest BCUT2D eigenvalue weighted by molar-refractivity contribution is 0.0652. The SMILES string of the molecule is COc1ccc2cc(-c3cc(C(=O)O)on3)[nH]c2c1. The van der Waals surface area contributed by atoms with E-state index in [1.54, 1.807) is 7.11 Å². The molecule has 3 rings (SSSR count). The Morgan fingerprint density at radius 1 is 1.37 bits per heavy atom. The second kappa shape index (κ2) is 4.16. The van der Waals surface area contributed by atoms with Crippen molar-refractivity contribution in [2.45, 2.75) is 0 Å². The van der Waals surface area contributed by atoms with Crippen LogP contribution in [0.4, 0.5) is 0 Å². The fourth-order valence-electron chi connectivity index (χ4n) is 1.87. The zero-order chi connectivity index (χ0) is 13.4. The number of rotatable bonds is 3. The molecule has 3 aromatic rings. The molecule has 0 amide bonds. The number of carbonyl (C=O) groups is 1. The summed E-state index contributed by atoms with van der Waals surface area (Å²) in [4.78, 5) is 13.9. The molecule has 6 heteroatoms. The number of aromatic nitrogens is 2. The molecule has 0 saturated heterocycles. The normalized spacial score (nSPS) is 10.8. The van der Waals surface area contributed by atoms with Gasteiger partial charge in [-0.1, -0.05) is 5.16 Å². The van der Waals surface area contributed by atoms with Crippen molar-refractivity contribution in [2.24, 2.45) is 0 Å². The molecule has 0 atom stereocenters. The quantitative estimate of drug-likeness (QED) is 0.753. The summed E-state index contributed by atoms with van der Waals surface area (Å²) in [5, 5.41) is 13.5. The van der Waals surface area contributed by atoms with Gasteiger partial charge >= 0.3 is 5.97 Å². The van der Waals surface area contributed by atoms with E-state index in [0.717, 1.165) is 16.7 Å². The molecule has 19 heavy (non-hydrogen) atoms. The van der Waals surface area contributed by atoms with Gasteiger partial charge in [0.05, 0.1) is 12.8 Å². The lowest BCUT2D eigenvalue weighted by Gasteiger charge is -1.97. The average molecular weight is 258 g/mol. The molecule has 0 unspecified atom stereocenters. The third-order valence-corrected chi connectivity index (χ3v) is 2.83. The highest BCUT2D eigenvalue weighted by Crippen LogP contribution is 2.26. The first-order valence-corrected chi connectivity index (χ1v) is 5.54. The van der Waals surface area contributed by atoms with Crippen LogP contribution >= 0.6 is 0 Å². The van der Waals surface area contributed by atoms with Gasteiger partial charge in [0, 0.05) is 23.0 Å². The van der Waals surface area contributed by atoms with Gasteiger partial charge in [0.2, 0.25) is 5.76 Å². The molecule has 0 spiro atoms. The molecule has 2 heterocycles. The third kappa shape index (κ3) is 1.93. The van der Waals surface area contributed by atoms with Gasteiger partial charge in [-0.3, -0.25) is 0 Å². The van der Waals surface area contributed by atoms with Crippen LogP contribution in [0.15, 0.2) is 34.9 Å². The molecule has 1 aromatic carbocycles. The number of methoxy groups -OCH3 is 1. The first-order valence-electron chi connectivity index (χ1n) is 5.54. The van der Waals surface area contributed by atoms with Crippen molar-refractivity contribution in [2.75, 3.05) is 7.11 Å². The standard InChI is InChI=1S/C13H10N2O4/c1-18-8-3-2-7-4-10(14-9(7)5-8)11-6-12(13(16)17)19-15-11/h2-6,14H,1H3,(H,16,17). The Bertz CT molecular complexity index is 757. The number of aromatic amines is 1. The van der Waals surface area contributed by atoms with Gasteiger partial charge < -0.3 is 19.4 Å². The van der Waals surface area contributed by atoms with E-state index in [1.807, 2.05) is 24.3 Å². The van der Waals surface area contributed by atoms with Crippen LogP contribution in [0.3, 0.4) is 0 Å². The van der Waals surface area contributed by atoms with Gasteiger partial charge in [0.1, 0.15) is 11.4 Å². The van der Waals surface area contributed by atoms with Crippen LogP contribution < -0.4 is 4.74 Å². The summed E-state index contributed by atoms with van der Waals surface area (Å²) < 4.78 is 9.87. The molecule has 0 saturated carbocycles. The van der Waals surface area contributed by atoms with Gasteiger partial charge in [-0.15, -0.1) is 0 Å². The van der Waals surface area contributed by atoms with Crippen LogP contribution in [0.1, 0.15) is 10.6 Å². The van der Waals surface area contributed by atoms with Crippen molar-refractivity contribution in [1.29, 1.82) is 0 Å². The molecule has 2 aromatic heterocycles. The lowest BCUT2D eigenvalue weighted by Crippen LogP contribution is -1.91. The molecule has 2 N–H and O–H groups in total. The second-order valence-electron chi connectivity index (χ2n) is 4.02. The van der Waals surface area contributed by atoms with E-state index in [9.17, 15) is 4.79 Å². The van der Waals surface area contributed by atoms with Crippen molar-refractivity contribution < 1.29 is 19.2 Å². The molecular formula is C13H10N2O4.